The Labute approximate surface area is 94.2 Å². The highest BCUT2D eigenvalue weighted by atomic mass is 28.3. The number of halogens is 2. The zero-order valence-corrected chi connectivity index (χ0v) is 10.7. The lowest BCUT2D eigenvalue weighted by molar-refractivity contribution is 0.111. The van der Waals surface area contributed by atoms with E-state index in [0.717, 1.165) is 0 Å². The average Bonchev–Trinajstić information content (AvgIpc) is 2.19. The Morgan fingerprint density at radius 3 is 2.19 bits per heavy atom. The van der Waals surface area contributed by atoms with E-state index >= 15 is 0 Å². The van der Waals surface area contributed by atoms with Gasteiger partial charge in [-0.1, -0.05) is 19.6 Å². The Morgan fingerprint density at radius 2 is 1.81 bits per heavy atom. The molecule has 1 aromatic carbocycles. The largest absolute Gasteiger partial charge is 0.497 e. The van der Waals surface area contributed by atoms with E-state index in [4.69, 9.17) is 4.74 Å². The second-order valence-corrected chi connectivity index (χ2v) is 9.54. The number of aldehydes is 1. The van der Waals surface area contributed by atoms with Gasteiger partial charge < -0.3 is 4.74 Å². The molecule has 0 saturated carbocycles. The minimum Gasteiger partial charge on any atom is -0.497 e. The number of ether oxygens (including phenoxy) is 1. The number of benzene rings is 1. The van der Waals surface area contributed by atoms with Crippen LogP contribution in [0.1, 0.15) is 10.4 Å². The maximum absolute atomic E-state index is 13.8. The van der Waals surface area contributed by atoms with E-state index in [1.807, 2.05) is 19.6 Å². The fraction of sp³-hybridized carbons (Fsp3) is 0.364. The van der Waals surface area contributed by atoms with Crippen molar-refractivity contribution in [3.63, 3.8) is 0 Å². The molecule has 0 N–H and O–H groups in total. The minimum absolute atomic E-state index is 0.250. The number of methoxy groups -OCH3 is 1. The molecule has 16 heavy (non-hydrogen) atoms. The van der Waals surface area contributed by atoms with E-state index < -0.39 is 19.7 Å². The molecule has 0 aliphatic heterocycles. The number of rotatable bonds is 3. The van der Waals surface area contributed by atoms with Crippen LogP contribution in [0.5, 0.6) is 5.75 Å². The molecule has 1 aromatic rings. The van der Waals surface area contributed by atoms with Gasteiger partial charge in [0, 0.05) is 5.19 Å². The molecule has 0 spiro atoms. The molecular formula is C11H14F2O2Si. The van der Waals surface area contributed by atoms with E-state index in [1.165, 1.54) is 13.2 Å². The van der Waals surface area contributed by atoms with Gasteiger partial charge in [0.15, 0.2) is 17.9 Å². The zero-order chi connectivity index (χ0) is 12.5. The average molecular weight is 244 g/mol. The van der Waals surface area contributed by atoms with E-state index in [9.17, 15) is 13.6 Å². The summed E-state index contributed by atoms with van der Waals surface area (Å²) in [6, 6.07) is 1.25. The smallest absolute Gasteiger partial charge is 0.169 e. The van der Waals surface area contributed by atoms with Gasteiger partial charge in [-0.2, -0.15) is 0 Å². The van der Waals surface area contributed by atoms with Gasteiger partial charge in [-0.25, -0.2) is 8.78 Å². The molecular weight excluding hydrogens is 230 g/mol. The minimum atomic E-state index is -2.07. The molecule has 0 radical (unpaired) electrons. The highest BCUT2D eigenvalue weighted by Crippen LogP contribution is 2.21. The third-order valence-corrected chi connectivity index (χ3v) is 4.26. The van der Waals surface area contributed by atoms with Crippen LogP contribution in [0.3, 0.4) is 0 Å². The molecule has 0 unspecified atom stereocenters. The second kappa shape index (κ2) is 4.33. The summed E-state index contributed by atoms with van der Waals surface area (Å²) >= 11 is 0. The quantitative estimate of drug-likeness (QED) is 0.602. The van der Waals surface area contributed by atoms with Gasteiger partial charge in [0.25, 0.3) is 0 Å². The van der Waals surface area contributed by atoms with Gasteiger partial charge in [0.2, 0.25) is 0 Å². The predicted octanol–water partition coefficient (Wildman–Crippen LogP) is 2.33. The summed E-state index contributed by atoms with van der Waals surface area (Å²) in [4.78, 5) is 10.6. The van der Waals surface area contributed by atoms with Gasteiger partial charge in [-0.3, -0.25) is 4.79 Å². The molecule has 0 aliphatic carbocycles. The molecule has 0 heterocycles. The number of carbonyl (C=O) groups is 1. The van der Waals surface area contributed by atoms with E-state index in [1.54, 1.807) is 0 Å². The first kappa shape index (κ1) is 12.8. The molecule has 0 bridgehead atoms. The summed E-state index contributed by atoms with van der Waals surface area (Å²) in [7, 11) is -0.687. The molecule has 0 saturated heterocycles. The van der Waals surface area contributed by atoms with Crippen molar-refractivity contribution in [1.29, 1.82) is 0 Å². The Balaban J connectivity index is 3.61. The van der Waals surface area contributed by atoms with E-state index in [-0.39, 0.29) is 22.8 Å². The van der Waals surface area contributed by atoms with Gasteiger partial charge >= 0.3 is 0 Å². The van der Waals surface area contributed by atoms with Gasteiger partial charge in [-0.05, 0) is 6.07 Å². The fourth-order valence-corrected chi connectivity index (χ4v) is 3.25. The summed E-state index contributed by atoms with van der Waals surface area (Å²) in [6.07, 6.45) is 0.287. The summed E-state index contributed by atoms with van der Waals surface area (Å²) in [5.74, 6) is -1.80. The van der Waals surface area contributed by atoms with Crippen molar-refractivity contribution in [3.8, 4) is 5.75 Å². The van der Waals surface area contributed by atoms with Crippen LogP contribution >= 0.6 is 0 Å². The lowest BCUT2D eigenvalue weighted by Crippen LogP contribution is -2.41. The fourth-order valence-electron chi connectivity index (χ4n) is 1.57. The van der Waals surface area contributed by atoms with Crippen molar-refractivity contribution in [1.82, 2.24) is 0 Å². The van der Waals surface area contributed by atoms with Crippen molar-refractivity contribution in [2.75, 3.05) is 7.11 Å². The molecule has 0 fully saturated rings. The molecule has 5 heteroatoms. The third-order valence-electron chi connectivity index (χ3n) is 2.30. The van der Waals surface area contributed by atoms with Crippen LogP contribution in [0.25, 0.3) is 0 Å². The first-order valence-electron chi connectivity index (χ1n) is 4.84. The second-order valence-electron chi connectivity index (χ2n) is 4.54. The van der Waals surface area contributed by atoms with Crippen LogP contribution in [0.4, 0.5) is 8.78 Å². The third kappa shape index (κ3) is 2.14. The Morgan fingerprint density at radius 1 is 1.25 bits per heavy atom. The maximum Gasteiger partial charge on any atom is 0.169 e. The standard InChI is InChI=1S/C11H14F2O2Si/c1-15-8-5-7(6-14)9(12)10(13)11(8)16(2,3)4/h5-6H,1-4H3. The molecule has 0 aliphatic rings. The lowest BCUT2D eigenvalue weighted by atomic mass is 10.2. The van der Waals surface area contributed by atoms with Crippen LogP contribution in [-0.4, -0.2) is 21.5 Å². The molecule has 88 valence electrons. The predicted molar refractivity (Wildman–Crippen MR) is 61.3 cm³/mol. The lowest BCUT2D eigenvalue weighted by Gasteiger charge is -2.21. The Hall–Kier alpha value is -1.23. The van der Waals surface area contributed by atoms with Crippen molar-refractivity contribution in [3.05, 3.63) is 23.3 Å². The summed E-state index contributed by atoms with van der Waals surface area (Å²) < 4.78 is 32.3. The Bertz CT molecular complexity index is 425. The molecule has 0 amide bonds. The molecule has 2 nitrogen and oxygen atoms in total. The van der Waals surface area contributed by atoms with Crippen LogP contribution in [0, 0.1) is 11.6 Å². The highest BCUT2D eigenvalue weighted by molar-refractivity contribution is 6.89. The van der Waals surface area contributed by atoms with Crippen LogP contribution in [0.2, 0.25) is 19.6 Å². The SMILES string of the molecule is COc1cc(C=O)c(F)c(F)c1[Si](C)(C)C. The van der Waals surface area contributed by atoms with Gasteiger partial charge in [0.05, 0.1) is 20.7 Å². The molecule has 0 atom stereocenters. The highest BCUT2D eigenvalue weighted by Gasteiger charge is 2.29. The van der Waals surface area contributed by atoms with Crippen molar-refractivity contribution in [2.24, 2.45) is 0 Å². The van der Waals surface area contributed by atoms with E-state index in [2.05, 4.69) is 0 Å². The first-order chi connectivity index (χ1) is 7.32. The topological polar surface area (TPSA) is 26.3 Å². The van der Waals surface area contributed by atoms with Crippen LogP contribution in [-0.2, 0) is 0 Å². The number of hydrogen-bond acceptors (Lipinski definition) is 2. The van der Waals surface area contributed by atoms with Crippen molar-refractivity contribution in [2.45, 2.75) is 19.6 Å². The number of carbonyl (C=O) groups excluding carboxylic acids is 1. The number of hydrogen-bond donors (Lipinski definition) is 0. The molecule has 0 aromatic heterocycles. The summed E-state index contributed by atoms with van der Waals surface area (Å²) in [6.45, 7) is 5.65. The normalized spacial score (nSPS) is 11.4. The first-order valence-corrected chi connectivity index (χ1v) is 8.34. The summed E-state index contributed by atoms with van der Waals surface area (Å²) in [5.41, 5.74) is -0.309. The van der Waals surface area contributed by atoms with Crippen molar-refractivity contribution >= 4 is 19.5 Å². The molecule has 1 rings (SSSR count). The van der Waals surface area contributed by atoms with Crippen molar-refractivity contribution < 1.29 is 18.3 Å². The monoisotopic (exact) mass is 244 g/mol. The van der Waals surface area contributed by atoms with E-state index in [0.29, 0.717) is 0 Å². The van der Waals surface area contributed by atoms with Gasteiger partial charge in [0.1, 0.15) is 5.75 Å². The zero-order valence-electron chi connectivity index (χ0n) is 9.73. The van der Waals surface area contributed by atoms with Crippen LogP contribution in [0.15, 0.2) is 6.07 Å². The Kier molecular flexibility index (Phi) is 3.47. The summed E-state index contributed by atoms with van der Waals surface area (Å²) in [5, 5.41) is 0.276. The van der Waals surface area contributed by atoms with Gasteiger partial charge in [-0.15, -0.1) is 0 Å². The maximum atomic E-state index is 13.8. The van der Waals surface area contributed by atoms with Crippen LogP contribution < -0.4 is 9.92 Å².